The monoisotopic (exact) mass is 226 g/mol. The molecule has 2 aliphatic rings. The van der Waals surface area contributed by atoms with E-state index in [4.69, 9.17) is 4.74 Å². The van der Waals surface area contributed by atoms with E-state index >= 15 is 0 Å². The molecule has 1 spiro atoms. The Balaban J connectivity index is 1.97. The Bertz CT molecular complexity index is 277. The van der Waals surface area contributed by atoms with Gasteiger partial charge in [0, 0.05) is 13.1 Å². The van der Waals surface area contributed by atoms with Gasteiger partial charge in [-0.25, -0.2) is 4.79 Å². The first-order valence-corrected chi connectivity index (χ1v) is 6.14. The second-order valence-corrected chi connectivity index (χ2v) is 5.89. The summed E-state index contributed by atoms with van der Waals surface area (Å²) in [6.45, 7) is 8.58. The average Bonchev–Trinajstić information content (AvgIpc) is 2.14. The van der Waals surface area contributed by atoms with Crippen molar-refractivity contribution in [2.75, 3.05) is 19.6 Å². The molecule has 2 heterocycles. The highest BCUT2D eigenvalue weighted by Gasteiger charge is 2.49. The molecule has 2 saturated heterocycles. The number of likely N-dealkylation sites (tertiary alicyclic amines) is 1. The molecule has 4 nitrogen and oxygen atoms in total. The number of hydrogen-bond acceptors (Lipinski definition) is 3. The van der Waals surface area contributed by atoms with Crippen LogP contribution in [0, 0.1) is 0 Å². The summed E-state index contributed by atoms with van der Waals surface area (Å²) in [6.07, 6.45) is 3.22. The molecule has 1 amide bonds. The Morgan fingerprint density at radius 1 is 1.38 bits per heavy atom. The smallest absolute Gasteiger partial charge is 0.410 e. The highest BCUT2D eigenvalue weighted by molar-refractivity contribution is 5.70. The molecule has 1 N–H and O–H groups in total. The number of piperidine rings is 1. The van der Waals surface area contributed by atoms with Crippen LogP contribution in [-0.2, 0) is 4.74 Å². The van der Waals surface area contributed by atoms with Gasteiger partial charge >= 0.3 is 6.09 Å². The lowest BCUT2D eigenvalue weighted by molar-refractivity contribution is -0.0533. The maximum absolute atomic E-state index is 12.0. The van der Waals surface area contributed by atoms with Gasteiger partial charge in [-0.05, 0) is 46.6 Å². The average molecular weight is 226 g/mol. The lowest BCUT2D eigenvalue weighted by atomic mass is 9.79. The predicted octanol–water partition coefficient (Wildman–Crippen LogP) is 1.75. The molecule has 2 fully saturated rings. The predicted molar refractivity (Wildman–Crippen MR) is 62.4 cm³/mol. The molecule has 0 aliphatic carbocycles. The maximum Gasteiger partial charge on any atom is 0.410 e. The van der Waals surface area contributed by atoms with Crippen molar-refractivity contribution in [3.63, 3.8) is 0 Å². The van der Waals surface area contributed by atoms with Crippen LogP contribution >= 0.6 is 0 Å². The minimum absolute atomic E-state index is 0.0561. The van der Waals surface area contributed by atoms with Gasteiger partial charge in [0.1, 0.15) is 5.60 Å². The summed E-state index contributed by atoms with van der Waals surface area (Å²) in [5, 5.41) is 3.38. The molecule has 0 saturated carbocycles. The van der Waals surface area contributed by atoms with Crippen LogP contribution in [0.3, 0.4) is 0 Å². The first-order chi connectivity index (χ1) is 7.43. The number of amides is 1. The van der Waals surface area contributed by atoms with Crippen LogP contribution in [0.25, 0.3) is 0 Å². The van der Waals surface area contributed by atoms with Crippen molar-refractivity contribution < 1.29 is 9.53 Å². The van der Waals surface area contributed by atoms with E-state index in [2.05, 4.69) is 5.32 Å². The number of nitrogens with one attached hydrogen (secondary N) is 1. The molecule has 92 valence electrons. The lowest BCUT2D eigenvalue weighted by Crippen LogP contribution is -2.68. The molecule has 0 aromatic carbocycles. The molecule has 0 bridgehead atoms. The molecular formula is C12H22N2O2. The molecule has 4 heteroatoms. The second kappa shape index (κ2) is 3.91. The summed E-state index contributed by atoms with van der Waals surface area (Å²) < 4.78 is 5.43. The van der Waals surface area contributed by atoms with E-state index in [0.717, 1.165) is 38.9 Å². The van der Waals surface area contributed by atoms with E-state index in [9.17, 15) is 4.79 Å². The molecule has 16 heavy (non-hydrogen) atoms. The van der Waals surface area contributed by atoms with Gasteiger partial charge in [0.25, 0.3) is 0 Å². The van der Waals surface area contributed by atoms with Crippen LogP contribution < -0.4 is 5.32 Å². The van der Waals surface area contributed by atoms with Crippen molar-refractivity contribution in [2.24, 2.45) is 0 Å². The fraction of sp³-hybridized carbons (Fsp3) is 0.917. The van der Waals surface area contributed by atoms with Gasteiger partial charge in [-0.1, -0.05) is 0 Å². The van der Waals surface area contributed by atoms with Crippen molar-refractivity contribution in [3.8, 4) is 0 Å². The second-order valence-electron chi connectivity index (χ2n) is 5.89. The zero-order valence-electron chi connectivity index (χ0n) is 10.5. The van der Waals surface area contributed by atoms with Gasteiger partial charge in [0.05, 0.1) is 5.54 Å². The third-order valence-corrected chi connectivity index (χ3v) is 3.44. The minimum Gasteiger partial charge on any atom is -0.444 e. The highest BCUT2D eigenvalue weighted by atomic mass is 16.6. The van der Waals surface area contributed by atoms with E-state index in [1.807, 2.05) is 25.7 Å². The Labute approximate surface area is 97.3 Å². The van der Waals surface area contributed by atoms with Crippen LogP contribution in [-0.4, -0.2) is 41.8 Å². The van der Waals surface area contributed by atoms with Gasteiger partial charge in [0.2, 0.25) is 0 Å². The van der Waals surface area contributed by atoms with Gasteiger partial charge in [0.15, 0.2) is 0 Å². The van der Waals surface area contributed by atoms with E-state index in [0.29, 0.717) is 0 Å². The van der Waals surface area contributed by atoms with Crippen LogP contribution in [0.5, 0.6) is 0 Å². The Morgan fingerprint density at radius 2 is 2.12 bits per heavy atom. The molecule has 0 radical (unpaired) electrons. The SMILES string of the molecule is CC(C)(C)OC(=O)N1CCC12CCCNC2. The molecular weight excluding hydrogens is 204 g/mol. The third kappa shape index (κ3) is 2.17. The van der Waals surface area contributed by atoms with E-state index in [1.165, 1.54) is 0 Å². The summed E-state index contributed by atoms with van der Waals surface area (Å²) in [5.41, 5.74) is -0.337. The van der Waals surface area contributed by atoms with E-state index in [-0.39, 0.29) is 11.6 Å². The number of hydrogen-bond donors (Lipinski definition) is 1. The molecule has 0 aromatic heterocycles. The number of ether oxygens (including phenoxy) is 1. The summed E-state index contributed by atoms with van der Waals surface area (Å²) in [6, 6.07) is 0. The van der Waals surface area contributed by atoms with Crippen molar-refractivity contribution in [1.82, 2.24) is 10.2 Å². The number of carbonyl (C=O) groups excluding carboxylic acids is 1. The molecule has 1 unspecified atom stereocenters. The maximum atomic E-state index is 12.0. The molecule has 1 atom stereocenters. The van der Waals surface area contributed by atoms with E-state index < -0.39 is 5.60 Å². The first-order valence-electron chi connectivity index (χ1n) is 6.14. The van der Waals surface area contributed by atoms with Gasteiger partial charge < -0.3 is 15.0 Å². The number of nitrogens with zero attached hydrogens (tertiary/aromatic N) is 1. The Kier molecular flexibility index (Phi) is 2.86. The standard InChI is InChI=1S/C12H22N2O2/c1-11(2,3)16-10(15)14-8-6-12(14)5-4-7-13-9-12/h13H,4-9H2,1-3H3. The largest absolute Gasteiger partial charge is 0.444 e. The topological polar surface area (TPSA) is 41.6 Å². The summed E-state index contributed by atoms with van der Waals surface area (Å²) in [7, 11) is 0. The zero-order chi connectivity index (χ0) is 11.8. The number of carbonyl (C=O) groups is 1. The minimum atomic E-state index is -0.393. The van der Waals surface area contributed by atoms with Gasteiger partial charge in [-0.2, -0.15) is 0 Å². The number of rotatable bonds is 0. The summed E-state index contributed by atoms with van der Waals surface area (Å²) >= 11 is 0. The first kappa shape index (κ1) is 11.7. The van der Waals surface area contributed by atoms with Crippen molar-refractivity contribution in [2.45, 2.75) is 51.2 Å². The lowest BCUT2D eigenvalue weighted by Gasteiger charge is -2.54. The Hall–Kier alpha value is -0.770. The summed E-state index contributed by atoms with van der Waals surface area (Å²) in [5.74, 6) is 0. The summed E-state index contributed by atoms with van der Waals surface area (Å²) in [4.78, 5) is 13.9. The normalized spacial score (nSPS) is 30.1. The van der Waals surface area contributed by atoms with Crippen molar-refractivity contribution in [3.05, 3.63) is 0 Å². The fourth-order valence-corrected chi connectivity index (χ4v) is 2.54. The van der Waals surface area contributed by atoms with Crippen LogP contribution in [0.1, 0.15) is 40.0 Å². The van der Waals surface area contributed by atoms with Gasteiger partial charge in [-0.3, -0.25) is 0 Å². The van der Waals surface area contributed by atoms with Crippen LogP contribution in [0.15, 0.2) is 0 Å². The van der Waals surface area contributed by atoms with Crippen molar-refractivity contribution >= 4 is 6.09 Å². The highest BCUT2D eigenvalue weighted by Crippen LogP contribution is 2.37. The van der Waals surface area contributed by atoms with Gasteiger partial charge in [-0.15, -0.1) is 0 Å². The molecule has 2 rings (SSSR count). The fourth-order valence-electron chi connectivity index (χ4n) is 2.54. The van der Waals surface area contributed by atoms with Crippen LogP contribution in [0.4, 0.5) is 4.79 Å². The van der Waals surface area contributed by atoms with Crippen LogP contribution in [0.2, 0.25) is 0 Å². The third-order valence-electron chi connectivity index (χ3n) is 3.44. The van der Waals surface area contributed by atoms with E-state index in [1.54, 1.807) is 0 Å². The Morgan fingerprint density at radius 3 is 2.56 bits per heavy atom. The molecule has 2 aliphatic heterocycles. The quantitative estimate of drug-likeness (QED) is 0.684. The molecule has 0 aromatic rings. The van der Waals surface area contributed by atoms with Crippen molar-refractivity contribution in [1.29, 1.82) is 0 Å². The zero-order valence-corrected chi connectivity index (χ0v) is 10.5.